The highest BCUT2D eigenvalue weighted by molar-refractivity contribution is 14.0. The van der Waals surface area contributed by atoms with Crippen LogP contribution in [0.4, 0.5) is 0 Å². The average molecular weight is 456 g/mol. The number of benzene rings is 1. The predicted molar refractivity (Wildman–Crippen MR) is 114 cm³/mol. The summed E-state index contributed by atoms with van der Waals surface area (Å²) in [5.74, 6) is 2.86. The Morgan fingerprint density at radius 1 is 1.20 bits per heavy atom. The molecule has 1 heterocycles. The van der Waals surface area contributed by atoms with Crippen LogP contribution in [0, 0.1) is 12.8 Å². The highest BCUT2D eigenvalue weighted by Crippen LogP contribution is 2.20. The summed E-state index contributed by atoms with van der Waals surface area (Å²) in [5.41, 5.74) is 2.26. The molecule has 0 saturated carbocycles. The first-order valence-electron chi connectivity index (χ1n) is 8.62. The Kier molecular flexibility index (Phi) is 9.55. The summed E-state index contributed by atoms with van der Waals surface area (Å²) >= 11 is 0. The van der Waals surface area contributed by atoms with Crippen LogP contribution in [0.25, 0.3) is 11.3 Å². The van der Waals surface area contributed by atoms with Crippen LogP contribution in [0.5, 0.6) is 0 Å². The van der Waals surface area contributed by atoms with Crippen molar-refractivity contribution in [3.05, 3.63) is 41.9 Å². The van der Waals surface area contributed by atoms with Crippen LogP contribution in [0.2, 0.25) is 0 Å². The van der Waals surface area contributed by atoms with Gasteiger partial charge in [-0.3, -0.25) is 0 Å². The van der Waals surface area contributed by atoms with Crippen molar-refractivity contribution in [3.8, 4) is 11.3 Å². The SMILES string of the molecule is CCNC(=NCc1ncc(-c2ccc(C)cc2)o1)NCCC(C)C.I. The summed E-state index contributed by atoms with van der Waals surface area (Å²) in [5, 5.41) is 6.58. The van der Waals surface area contributed by atoms with E-state index in [4.69, 9.17) is 4.42 Å². The van der Waals surface area contributed by atoms with E-state index in [0.29, 0.717) is 18.4 Å². The molecule has 0 bridgehead atoms. The molecule has 0 aliphatic carbocycles. The van der Waals surface area contributed by atoms with Crippen LogP contribution < -0.4 is 10.6 Å². The number of hydrogen-bond acceptors (Lipinski definition) is 3. The monoisotopic (exact) mass is 456 g/mol. The highest BCUT2D eigenvalue weighted by Gasteiger charge is 2.06. The minimum absolute atomic E-state index is 0. The van der Waals surface area contributed by atoms with Gasteiger partial charge in [-0.2, -0.15) is 0 Å². The number of aryl methyl sites for hydroxylation is 1. The first-order chi connectivity index (χ1) is 11.6. The third-order valence-corrected chi connectivity index (χ3v) is 3.62. The van der Waals surface area contributed by atoms with Crippen molar-refractivity contribution < 1.29 is 4.42 Å². The van der Waals surface area contributed by atoms with Gasteiger partial charge in [0.05, 0.1) is 6.20 Å². The lowest BCUT2D eigenvalue weighted by Gasteiger charge is -2.11. The van der Waals surface area contributed by atoms with Crippen LogP contribution in [-0.2, 0) is 6.54 Å². The lowest BCUT2D eigenvalue weighted by Crippen LogP contribution is -2.38. The third-order valence-electron chi connectivity index (χ3n) is 3.62. The number of aliphatic imine (C=N–C) groups is 1. The zero-order chi connectivity index (χ0) is 17.4. The van der Waals surface area contributed by atoms with Crippen molar-refractivity contribution in [1.29, 1.82) is 0 Å². The van der Waals surface area contributed by atoms with Gasteiger partial charge in [-0.15, -0.1) is 24.0 Å². The normalized spacial score (nSPS) is 11.3. The Hall–Kier alpha value is -1.57. The van der Waals surface area contributed by atoms with E-state index in [1.54, 1.807) is 6.20 Å². The number of nitrogens with zero attached hydrogens (tertiary/aromatic N) is 2. The number of guanidine groups is 1. The van der Waals surface area contributed by atoms with Gasteiger partial charge in [0.25, 0.3) is 0 Å². The minimum atomic E-state index is 0. The molecule has 2 N–H and O–H groups in total. The molecule has 0 radical (unpaired) electrons. The fourth-order valence-electron chi connectivity index (χ4n) is 2.20. The molecule has 0 fully saturated rings. The summed E-state index contributed by atoms with van der Waals surface area (Å²) in [6.45, 7) is 10.7. The minimum Gasteiger partial charge on any atom is -0.439 e. The quantitative estimate of drug-likeness (QED) is 0.369. The molecule has 6 heteroatoms. The summed E-state index contributed by atoms with van der Waals surface area (Å²) in [7, 11) is 0. The maximum absolute atomic E-state index is 5.81. The van der Waals surface area contributed by atoms with Crippen LogP contribution in [0.3, 0.4) is 0 Å². The summed E-state index contributed by atoms with van der Waals surface area (Å²) in [6.07, 6.45) is 2.87. The topological polar surface area (TPSA) is 62.5 Å². The molecule has 25 heavy (non-hydrogen) atoms. The molecule has 0 atom stereocenters. The Balaban J connectivity index is 0.00000312. The number of rotatable bonds is 7. The molecule has 2 aromatic rings. The average Bonchev–Trinajstić information content (AvgIpc) is 3.02. The summed E-state index contributed by atoms with van der Waals surface area (Å²) in [6, 6.07) is 8.22. The van der Waals surface area contributed by atoms with Gasteiger partial charge in [-0.05, 0) is 26.2 Å². The highest BCUT2D eigenvalue weighted by atomic mass is 127. The molecule has 5 nitrogen and oxygen atoms in total. The second kappa shape index (κ2) is 11.1. The smallest absolute Gasteiger partial charge is 0.216 e. The van der Waals surface area contributed by atoms with Crippen molar-refractivity contribution in [1.82, 2.24) is 15.6 Å². The lowest BCUT2D eigenvalue weighted by molar-refractivity contribution is 0.508. The molecule has 0 unspecified atom stereocenters. The van der Waals surface area contributed by atoms with E-state index < -0.39 is 0 Å². The van der Waals surface area contributed by atoms with Crippen LogP contribution >= 0.6 is 24.0 Å². The zero-order valence-corrected chi connectivity index (χ0v) is 17.8. The summed E-state index contributed by atoms with van der Waals surface area (Å²) in [4.78, 5) is 8.87. The molecule has 2 rings (SSSR count). The van der Waals surface area contributed by atoms with E-state index in [0.717, 1.165) is 36.8 Å². The van der Waals surface area contributed by atoms with Crippen molar-refractivity contribution in [2.75, 3.05) is 13.1 Å². The molecule has 1 aromatic heterocycles. The molecule has 0 saturated heterocycles. The van der Waals surface area contributed by atoms with E-state index in [9.17, 15) is 0 Å². The van der Waals surface area contributed by atoms with Gasteiger partial charge in [-0.25, -0.2) is 9.98 Å². The lowest BCUT2D eigenvalue weighted by atomic mass is 10.1. The largest absolute Gasteiger partial charge is 0.439 e. The molecule has 0 aliphatic rings. The number of oxazole rings is 1. The van der Waals surface area contributed by atoms with E-state index in [-0.39, 0.29) is 24.0 Å². The molecule has 1 aromatic carbocycles. The number of aromatic nitrogens is 1. The molecule has 0 aliphatic heterocycles. The van der Waals surface area contributed by atoms with Gasteiger partial charge in [0.1, 0.15) is 6.54 Å². The van der Waals surface area contributed by atoms with Crippen LogP contribution in [0.1, 0.15) is 38.6 Å². The van der Waals surface area contributed by atoms with Gasteiger partial charge in [0.2, 0.25) is 5.89 Å². The molecule has 0 spiro atoms. The van der Waals surface area contributed by atoms with Crippen molar-refractivity contribution >= 4 is 29.9 Å². The number of halogens is 1. The van der Waals surface area contributed by atoms with Gasteiger partial charge < -0.3 is 15.1 Å². The fourth-order valence-corrected chi connectivity index (χ4v) is 2.20. The third kappa shape index (κ3) is 7.46. The maximum atomic E-state index is 5.81. The van der Waals surface area contributed by atoms with E-state index >= 15 is 0 Å². The fraction of sp³-hybridized carbons (Fsp3) is 0.474. The molecule has 0 amide bonds. The number of hydrogen-bond donors (Lipinski definition) is 2. The van der Waals surface area contributed by atoms with E-state index in [1.165, 1.54) is 5.56 Å². The Morgan fingerprint density at radius 3 is 2.56 bits per heavy atom. The van der Waals surface area contributed by atoms with Crippen LogP contribution in [0.15, 0.2) is 39.9 Å². The molecular formula is C19H29IN4O. The van der Waals surface area contributed by atoms with E-state index in [2.05, 4.69) is 60.4 Å². The van der Waals surface area contributed by atoms with Crippen molar-refractivity contribution in [2.24, 2.45) is 10.9 Å². The van der Waals surface area contributed by atoms with Crippen molar-refractivity contribution in [2.45, 2.75) is 40.7 Å². The standard InChI is InChI=1S/C19H28N4O.HI/c1-5-20-19(21-11-10-14(2)3)23-13-18-22-12-17(24-18)16-8-6-15(4)7-9-16;/h6-9,12,14H,5,10-11,13H2,1-4H3,(H2,20,21,23);1H. The Bertz CT molecular complexity index is 650. The zero-order valence-electron chi connectivity index (χ0n) is 15.5. The Morgan fingerprint density at radius 2 is 1.92 bits per heavy atom. The van der Waals surface area contributed by atoms with Crippen molar-refractivity contribution in [3.63, 3.8) is 0 Å². The second-order valence-corrected chi connectivity index (χ2v) is 6.29. The van der Waals surface area contributed by atoms with Gasteiger partial charge >= 0.3 is 0 Å². The summed E-state index contributed by atoms with van der Waals surface area (Å²) < 4.78 is 5.81. The number of nitrogens with one attached hydrogen (secondary N) is 2. The van der Waals surface area contributed by atoms with Gasteiger partial charge in [0, 0.05) is 18.7 Å². The first kappa shape index (κ1) is 21.5. The van der Waals surface area contributed by atoms with Gasteiger partial charge in [-0.1, -0.05) is 43.7 Å². The maximum Gasteiger partial charge on any atom is 0.216 e. The molecule has 138 valence electrons. The van der Waals surface area contributed by atoms with Crippen LogP contribution in [-0.4, -0.2) is 24.0 Å². The predicted octanol–water partition coefficient (Wildman–Crippen LogP) is 4.37. The first-order valence-corrected chi connectivity index (χ1v) is 8.62. The Labute approximate surface area is 167 Å². The molecular weight excluding hydrogens is 427 g/mol. The van der Waals surface area contributed by atoms with E-state index in [1.807, 2.05) is 12.1 Å². The second-order valence-electron chi connectivity index (χ2n) is 6.29. The van der Waals surface area contributed by atoms with Gasteiger partial charge in [0.15, 0.2) is 11.7 Å².